The summed E-state index contributed by atoms with van der Waals surface area (Å²) in [5.74, 6) is -0.134. The van der Waals surface area contributed by atoms with Gasteiger partial charge in [-0.2, -0.15) is 5.26 Å². The topological polar surface area (TPSA) is 71.2 Å². The van der Waals surface area contributed by atoms with Crippen LogP contribution < -0.4 is 4.90 Å². The number of carbonyl (C=O) groups is 1. The molecular weight excluding hydrogens is 376 g/mol. The average Bonchev–Trinajstić information content (AvgIpc) is 3.37. The first-order chi connectivity index (χ1) is 14.7. The van der Waals surface area contributed by atoms with Crippen LogP contribution in [0.2, 0.25) is 0 Å². The second kappa shape index (κ2) is 7.83. The molecule has 30 heavy (non-hydrogen) atoms. The summed E-state index contributed by atoms with van der Waals surface area (Å²) in [6.45, 7) is 0.599. The Labute approximate surface area is 175 Å². The Morgan fingerprint density at radius 3 is 2.60 bits per heavy atom. The van der Waals surface area contributed by atoms with Gasteiger partial charge in [-0.05, 0) is 25.0 Å². The van der Waals surface area contributed by atoms with Crippen LogP contribution in [-0.2, 0) is 16.1 Å². The van der Waals surface area contributed by atoms with E-state index in [2.05, 4.69) is 28.1 Å². The third-order valence-electron chi connectivity index (χ3n) is 6.42. The number of ether oxygens (including phenoxy) is 1. The quantitative estimate of drug-likeness (QED) is 0.605. The van der Waals surface area contributed by atoms with Gasteiger partial charge in [0, 0.05) is 60.3 Å². The maximum Gasteiger partial charge on any atom is 0.307 e. The van der Waals surface area contributed by atoms with E-state index >= 15 is 0 Å². The van der Waals surface area contributed by atoms with Crippen LogP contribution in [-0.4, -0.2) is 33.7 Å². The van der Waals surface area contributed by atoms with Crippen molar-refractivity contribution >= 4 is 22.4 Å². The van der Waals surface area contributed by atoms with Crippen LogP contribution in [0.3, 0.4) is 0 Å². The lowest BCUT2D eigenvalue weighted by atomic mass is 9.96. The number of nitriles is 1. The summed E-state index contributed by atoms with van der Waals surface area (Å²) in [7, 11) is 0. The molecule has 0 radical (unpaired) electrons. The van der Waals surface area contributed by atoms with E-state index in [-0.39, 0.29) is 12.1 Å². The van der Waals surface area contributed by atoms with Crippen LogP contribution in [0.1, 0.15) is 37.7 Å². The SMILES string of the molecule is N#Cc1ccc(N2[C@@H]3CC[C@H]2C[C@@H](OC(=O)CCn2ccnc2)C3)c2ccccc12. The molecule has 6 heteroatoms. The predicted octanol–water partition coefficient (Wildman–Crippen LogP) is 4.04. The van der Waals surface area contributed by atoms with Gasteiger partial charge >= 0.3 is 5.97 Å². The lowest BCUT2D eigenvalue weighted by molar-refractivity contribution is -0.150. The van der Waals surface area contributed by atoms with Gasteiger partial charge in [0.15, 0.2) is 0 Å². The van der Waals surface area contributed by atoms with Crippen molar-refractivity contribution in [1.82, 2.24) is 9.55 Å². The van der Waals surface area contributed by atoms with Crippen LogP contribution in [0.5, 0.6) is 0 Å². The minimum absolute atomic E-state index is 0.0151. The number of piperidine rings is 1. The van der Waals surface area contributed by atoms with E-state index in [1.54, 1.807) is 12.5 Å². The molecule has 152 valence electrons. The summed E-state index contributed by atoms with van der Waals surface area (Å²) in [6, 6.07) is 15.2. The third kappa shape index (κ3) is 3.41. The molecule has 0 saturated carbocycles. The van der Waals surface area contributed by atoms with Crippen molar-refractivity contribution in [2.24, 2.45) is 0 Å². The smallest absolute Gasteiger partial charge is 0.307 e. The van der Waals surface area contributed by atoms with E-state index in [1.807, 2.05) is 35.0 Å². The number of hydrogen-bond acceptors (Lipinski definition) is 5. The molecule has 3 atom stereocenters. The number of imidazole rings is 1. The largest absolute Gasteiger partial charge is 0.462 e. The van der Waals surface area contributed by atoms with E-state index in [0.717, 1.165) is 36.5 Å². The van der Waals surface area contributed by atoms with Crippen molar-refractivity contribution in [2.45, 2.75) is 56.8 Å². The van der Waals surface area contributed by atoms with Gasteiger partial charge in [-0.25, -0.2) is 4.98 Å². The average molecular weight is 400 g/mol. The van der Waals surface area contributed by atoms with Gasteiger partial charge in [-0.15, -0.1) is 0 Å². The fourth-order valence-electron chi connectivity index (χ4n) is 5.11. The maximum atomic E-state index is 12.3. The Morgan fingerprint density at radius 1 is 1.13 bits per heavy atom. The van der Waals surface area contributed by atoms with Crippen molar-refractivity contribution < 1.29 is 9.53 Å². The van der Waals surface area contributed by atoms with Gasteiger partial charge in [0.2, 0.25) is 0 Å². The normalized spacial score (nSPS) is 22.8. The molecule has 0 N–H and O–H groups in total. The molecule has 0 spiro atoms. The van der Waals surface area contributed by atoms with Crippen molar-refractivity contribution in [2.75, 3.05) is 4.90 Å². The number of rotatable bonds is 5. The van der Waals surface area contributed by atoms with Crippen molar-refractivity contribution in [1.29, 1.82) is 5.26 Å². The van der Waals surface area contributed by atoms with Crippen LogP contribution in [0.15, 0.2) is 55.1 Å². The molecular formula is C24H24N4O2. The molecule has 0 aliphatic carbocycles. The van der Waals surface area contributed by atoms with Crippen molar-refractivity contribution in [3.05, 3.63) is 60.7 Å². The molecule has 2 fully saturated rings. The molecule has 2 aliphatic heterocycles. The first-order valence-corrected chi connectivity index (χ1v) is 10.6. The fourth-order valence-corrected chi connectivity index (χ4v) is 5.11. The number of carbonyl (C=O) groups excluding carboxylic acids is 1. The molecule has 2 saturated heterocycles. The summed E-state index contributed by atoms with van der Waals surface area (Å²) in [5, 5.41) is 11.6. The molecule has 3 heterocycles. The zero-order valence-electron chi connectivity index (χ0n) is 16.8. The molecule has 2 bridgehead atoms. The van der Waals surface area contributed by atoms with E-state index < -0.39 is 0 Å². The number of anilines is 1. The molecule has 6 nitrogen and oxygen atoms in total. The Hall–Kier alpha value is -3.33. The number of benzene rings is 2. The first-order valence-electron chi connectivity index (χ1n) is 10.6. The molecule has 5 rings (SSSR count). The van der Waals surface area contributed by atoms with Gasteiger partial charge in [-0.1, -0.05) is 24.3 Å². The van der Waals surface area contributed by atoms with Crippen LogP contribution >= 0.6 is 0 Å². The van der Waals surface area contributed by atoms with Gasteiger partial charge in [0.05, 0.1) is 24.4 Å². The first kappa shape index (κ1) is 18.7. The summed E-state index contributed by atoms with van der Waals surface area (Å²) in [6.07, 6.45) is 9.59. The van der Waals surface area contributed by atoms with Crippen molar-refractivity contribution in [3.8, 4) is 6.07 Å². The molecule has 0 unspecified atom stereocenters. The second-order valence-corrected chi connectivity index (χ2v) is 8.22. The number of hydrogen-bond donors (Lipinski definition) is 0. The number of esters is 1. The minimum Gasteiger partial charge on any atom is -0.462 e. The highest BCUT2D eigenvalue weighted by Gasteiger charge is 2.42. The Morgan fingerprint density at radius 2 is 1.90 bits per heavy atom. The van der Waals surface area contributed by atoms with Gasteiger partial charge < -0.3 is 14.2 Å². The van der Waals surface area contributed by atoms with E-state index in [1.165, 1.54) is 5.69 Å². The Bertz CT molecular complexity index is 1090. The van der Waals surface area contributed by atoms with Gasteiger partial charge in [0.1, 0.15) is 6.10 Å². The summed E-state index contributed by atoms with van der Waals surface area (Å²) in [5.41, 5.74) is 1.91. The minimum atomic E-state index is -0.134. The number of aromatic nitrogens is 2. The molecule has 2 aliphatic rings. The summed E-state index contributed by atoms with van der Waals surface area (Å²) >= 11 is 0. The highest BCUT2D eigenvalue weighted by Crippen LogP contribution is 2.43. The fraction of sp³-hybridized carbons (Fsp3) is 0.375. The highest BCUT2D eigenvalue weighted by molar-refractivity contribution is 5.98. The standard InChI is InChI=1S/C24H24N4O2/c25-15-17-5-8-23(22-4-2-1-3-21(17)22)28-18-6-7-19(28)14-20(13-18)30-24(29)9-11-27-12-10-26-16-27/h1-5,8,10,12,16,18-20H,6-7,9,11,13-14H2/t18-,19+,20+. The van der Waals surface area contributed by atoms with Crippen LogP contribution in [0.4, 0.5) is 5.69 Å². The van der Waals surface area contributed by atoms with Gasteiger partial charge in [-0.3, -0.25) is 4.79 Å². The number of fused-ring (bicyclic) bond motifs is 3. The van der Waals surface area contributed by atoms with Gasteiger partial charge in [0.25, 0.3) is 0 Å². The zero-order chi connectivity index (χ0) is 20.5. The summed E-state index contributed by atoms with van der Waals surface area (Å²) < 4.78 is 7.73. The number of nitrogens with zero attached hydrogens (tertiary/aromatic N) is 4. The van der Waals surface area contributed by atoms with Crippen LogP contribution in [0.25, 0.3) is 10.8 Å². The molecule has 0 amide bonds. The molecule has 3 aromatic rings. The Balaban J connectivity index is 1.30. The highest BCUT2D eigenvalue weighted by atomic mass is 16.5. The summed E-state index contributed by atoms with van der Waals surface area (Å²) in [4.78, 5) is 18.9. The molecule has 1 aromatic heterocycles. The van der Waals surface area contributed by atoms with Crippen molar-refractivity contribution in [3.63, 3.8) is 0 Å². The lowest BCUT2D eigenvalue weighted by Crippen LogP contribution is -2.46. The lowest BCUT2D eigenvalue weighted by Gasteiger charge is -2.40. The van der Waals surface area contributed by atoms with E-state index in [0.29, 0.717) is 30.6 Å². The van der Waals surface area contributed by atoms with E-state index in [4.69, 9.17) is 4.74 Å². The monoisotopic (exact) mass is 400 g/mol. The van der Waals surface area contributed by atoms with E-state index in [9.17, 15) is 10.1 Å². The number of aryl methyl sites for hydroxylation is 1. The second-order valence-electron chi connectivity index (χ2n) is 8.22. The Kier molecular flexibility index (Phi) is 4.88. The van der Waals surface area contributed by atoms with Crippen LogP contribution in [0, 0.1) is 11.3 Å². The molecule has 2 aromatic carbocycles. The zero-order valence-corrected chi connectivity index (χ0v) is 16.8. The predicted molar refractivity (Wildman–Crippen MR) is 114 cm³/mol. The third-order valence-corrected chi connectivity index (χ3v) is 6.42. The maximum absolute atomic E-state index is 12.3.